The van der Waals surface area contributed by atoms with Crippen molar-refractivity contribution in [2.75, 3.05) is 31.5 Å². The number of likely N-dealkylation sites (tertiary alicyclic amines) is 1. The summed E-state index contributed by atoms with van der Waals surface area (Å²) in [5.74, 6) is -3.13. The Kier molecular flexibility index (Phi) is 7.46. The summed E-state index contributed by atoms with van der Waals surface area (Å²) >= 11 is 0. The first-order valence-electron chi connectivity index (χ1n) is 10.9. The summed E-state index contributed by atoms with van der Waals surface area (Å²) in [6, 6.07) is 6.44. The van der Waals surface area contributed by atoms with Crippen LogP contribution in [0.25, 0.3) is 0 Å². The van der Waals surface area contributed by atoms with Gasteiger partial charge >= 0.3 is 0 Å². The molecule has 2 aromatic carbocycles. The Hall–Kier alpha value is -2.58. The van der Waals surface area contributed by atoms with Gasteiger partial charge < -0.3 is 20.6 Å². The molecule has 174 valence electrons. The Labute approximate surface area is 186 Å². The summed E-state index contributed by atoms with van der Waals surface area (Å²) in [6.45, 7) is 7.28. The predicted octanol–water partition coefficient (Wildman–Crippen LogP) is 4.23. The van der Waals surface area contributed by atoms with Crippen LogP contribution in [-0.4, -0.2) is 47.7 Å². The van der Waals surface area contributed by atoms with Crippen LogP contribution in [0.15, 0.2) is 30.3 Å². The van der Waals surface area contributed by atoms with Crippen molar-refractivity contribution in [2.45, 2.75) is 39.2 Å². The largest absolute Gasteiger partial charge is 0.385 e. The second-order valence-corrected chi connectivity index (χ2v) is 8.61. The number of benzene rings is 2. The highest BCUT2D eigenvalue weighted by Crippen LogP contribution is 2.31. The van der Waals surface area contributed by atoms with Gasteiger partial charge in [-0.15, -0.1) is 0 Å². The highest BCUT2D eigenvalue weighted by molar-refractivity contribution is 6.01. The molecule has 0 aliphatic carbocycles. The van der Waals surface area contributed by atoms with Crippen molar-refractivity contribution in [2.24, 2.45) is 5.92 Å². The van der Waals surface area contributed by atoms with E-state index >= 15 is 0 Å². The first kappa shape index (κ1) is 24.1. The van der Waals surface area contributed by atoms with E-state index in [2.05, 4.69) is 24.5 Å². The molecule has 1 amide bonds. The molecule has 1 unspecified atom stereocenters. The lowest BCUT2D eigenvalue weighted by Crippen LogP contribution is -2.67. The highest BCUT2D eigenvalue weighted by atomic mass is 19.2. The number of carbonyl (C=O) groups excluding carboxylic acids is 1. The average Bonchev–Trinajstić information content (AvgIpc) is 2.75. The Morgan fingerprint density at radius 2 is 1.88 bits per heavy atom. The van der Waals surface area contributed by atoms with Crippen LogP contribution < -0.4 is 10.6 Å². The molecule has 0 aromatic heterocycles. The number of carbonyl (C=O) groups is 1. The lowest BCUT2D eigenvalue weighted by Gasteiger charge is -2.46. The van der Waals surface area contributed by atoms with Gasteiger partial charge in [-0.25, -0.2) is 13.2 Å². The van der Waals surface area contributed by atoms with Crippen LogP contribution in [0.1, 0.15) is 43.1 Å². The van der Waals surface area contributed by atoms with Crippen molar-refractivity contribution in [3.63, 3.8) is 0 Å². The molecule has 0 saturated carbocycles. The lowest BCUT2D eigenvalue weighted by atomic mass is 9.92. The molecule has 32 heavy (non-hydrogen) atoms. The maximum atomic E-state index is 14.6. The van der Waals surface area contributed by atoms with Gasteiger partial charge in [0.05, 0.1) is 30.0 Å². The van der Waals surface area contributed by atoms with E-state index in [9.17, 15) is 23.1 Å². The minimum absolute atomic E-state index is 0.0601. The van der Waals surface area contributed by atoms with E-state index in [1.165, 1.54) is 23.1 Å². The summed E-state index contributed by atoms with van der Waals surface area (Å²) in [6.07, 6.45) is 1.64. The van der Waals surface area contributed by atoms with Crippen molar-refractivity contribution in [3.05, 3.63) is 58.9 Å². The van der Waals surface area contributed by atoms with Crippen LogP contribution in [0.3, 0.4) is 0 Å². The van der Waals surface area contributed by atoms with Crippen LogP contribution in [0.4, 0.5) is 24.5 Å². The molecular formula is C24H30F3N3O2. The van der Waals surface area contributed by atoms with E-state index in [1.54, 1.807) is 6.07 Å². The molecule has 0 radical (unpaired) electrons. The average molecular weight is 450 g/mol. The van der Waals surface area contributed by atoms with E-state index in [0.29, 0.717) is 18.9 Å². The number of amides is 1. The third-order valence-corrected chi connectivity index (χ3v) is 5.93. The zero-order chi connectivity index (χ0) is 23.5. The van der Waals surface area contributed by atoms with Gasteiger partial charge in [-0.1, -0.05) is 33.3 Å². The number of aryl methyl sites for hydroxylation is 1. The normalized spacial score (nSPS) is 15.9. The molecule has 3 rings (SSSR count). The standard InChI is InChI=1S/C24H30F3N3O2/c1-4-15(3)11-28-12-24(32)13-30(14-24)23(31)17-7-8-18(25)21(27)22(17)29-20-9-6-16(5-2)10-19(20)26/h6-10,15,28-29,32H,4-5,11-14H2,1-3H3. The predicted molar refractivity (Wildman–Crippen MR) is 119 cm³/mol. The van der Waals surface area contributed by atoms with Crippen LogP contribution in [0, 0.1) is 23.4 Å². The van der Waals surface area contributed by atoms with Crippen molar-refractivity contribution in [1.82, 2.24) is 10.2 Å². The first-order valence-corrected chi connectivity index (χ1v) is 10.9. The number of anilines is 2. The molecule has 1 fully saturated rings. The zero-order valence-corrected chi connectivity index (χ0v) is 18.6. The van der Waals surface area contributed by atoms with Gasteiger partial charge in [-0.2, -0.15) is 0 Å². The lowest BCUT2D eigenvalue weighted by molar-refractivity contribution is -0.0787. The van der Waals surface area contributed by atoms with Gasteiger partial charge in [-0.05, 0) is 48.7 Å². The van der Waals surface area contributed by atoms with Gasteiger partial charge in [0.2, 0.25) is 0 Å². The van der Waals surface area contributed by atoms with Crippen molar-refractivity contribution >= 4 is 17.3 Å². The van der Waals surface area contributed by atoms with E-state index in [0.717, 1.165) is 24.6 Å². The van der Waals surface area contributed by atoms with Gasteiger partial charge in [0.25, 0.3) is 5.91 Å². The monoisotopic (exact) mass is 449 g/mol. The maximum Gasteiger partial charge on any atom is 0.256 e. The Morgan fingerprint density at radius 3 is 2.50 bits per heavy atom. The van der Waals surface area contributed by atoms with Crippen molar-refractivity contribution < 1.29 is 23.1 Å². The Balaban J connectivity index is 1.75. The molecule has 1 heterocycles. The minimum Gasteiger partial charge on any atom is -0.385 e. The fraction of sp³-hybridized carbons (Fsp3) is 0.458. The molecular weight excluding hydrogens is 419 g/mol. The molecule has 8 heteroatoms. The van der Waals surface area contributed by atoms with E-state index in [-0.39, 0.29) is 24.3 Å². The first-order chi connectivity index (χ1) is 15.2. The van der Waals surface area contributed by atoms with Crippen molar-refractivity contribution in [1.29, 1.82) is 0 Å². The van der Waals surface area contributed by atoms with Gasteiger partial charge in [0.15, 0.2) is 11.6 Å². The molecule has 1 aliphatic rings. The number of nitrogens with zero attached hydrogens (tertiary/aromatic N) is 1. The summed E-state index contributed by atoms with van der Waals surface area (Å²) in [4.78, 5) is 14.3. The molecule has 0 spiro atoms. The fourth-order valence-electron chi connectivity index (χ4n) is 3.65. The van der Waals surface area contributed by atoms with Crippen molar-refractivity contribution in [3.8, 4) is 0 Å². The number of hydrogen-bond donors (Lipinski definition) is 3. The van der Waals surface area contributed by atoms with Crippen LogP contribution >= 0.6 is 0 Å². The minimum atomic E-state index is -1.26. The molecule has 2 aromatic rings. The number of nitrogens with one attached hydrogen (secondary N) is 2. The number of rotatable bonds is 9. The SMILES string of the molecule is CCc1ccc(Nc2c(C(=O)N3CC(O)(CNCC(C)CC)C3)ccc(F)c2F)c(F)c1. The van der Waals surface area contributed by atoms with Crippen LogP contribution in [0.5, 0.6) is 0 Å². The number of aliphatic hydroxyl groups is 1. The van der Waals surface area contributed by atoms with Gasteiger partial charge in [0.1, 0.15) is 11.4 Å². The molecule has 1 atom stereocenters. The summed E-state index contributed by atoms with van der Waals surface area (Å²) in [5, 5.41) is 16.3. The summed E-state index contributed by atoms with van der Waals surface area (Å²) < 4.78 is 42.9. The Bertz CT molecular complexity index is 977. The molecule has 1 saturated heterocycles. The Morgan fingerprint density at radius 1 is 1.16 bits per heavy atom. The summed E-state index contributed by atoms with van der Waals surface area (Å²) in [7, 11) is 0. The van der Waals surface area contributed by atoms with E-state index in [1.807, 2.05) is 6.92 Å². The smallest absolute Gasteiger partial charge is 0.256 e. The van der Waals surface area contributed by atoms with E-state index < -0.39 is 34.6 Å². The third kappa shape index (κ3) is 5.24. The van der Waals surface area contributed by atoms with E-state index in [4.69, 9.17) is 0 Å². The maximum absolute atomic E-state index is 14.6. The molecule has 5 nitrogen and oxygen atoms in total. The number of halogens is 3. The van der Waals surface area contributed by atoms with Gasteiger partial charge in [0, 0.05) is 6.54 Å². The third-order valence-electron chi connectivity index (χ3n) is 5.93. The number of hydrogen-bond acceptors (Lipinski definition) is 4. The van der Waals surface area contributed by atoms with Gasteiger partial charge in [-0.3, -0.25) is 4.79 Å². The quantitative estimate of drug-likeness (QED) is 0.536. The highest BCUT2D eigenvalue weighted by Gasteiger charge is 2.44. The summed E-state index contributed by atoms with van der Waals surface area (Å²) in [5.41, 5.74) is -0.931. The number of β-amino-alcohol motifs (C(OH)–C–C–N with tert-alkyl or cyclic N) is 1. The van der Waals surface area contributed by atoms with Crippen LogP contribution in [0.2, 0.25) is 0 Å². The second kappa shape index (κ2) is 9.92. The second-order valence-electron chi connectivity index (χ2n) is 8.61. The fourth-order valence-corrected chi connectivity index (χ4v) is 3.65. The molecule has 1 aliphatic heterocycles. The van der Waals surface area contributed by atoms with Crippen LogP contribution in [-0.2, 0) is 6.42 Å². The molecule has 3 N–H and O–H groups in total. The molecule has 0 bridgehead atoms. The zero-order valence-electron chi connectivity index (χ0n) is 18.6. The topological polar surface area (TPSA) is 64.6 Å².